The Kier molecular flexibility index (Phi) is 8.35. The number of piperidine rings is 1. The summed E-state index contributed by atoms with van der Waals surface area (Å²) in [5.41, 5.74) is 2.78. The molecule has 2 aromatic carbocycles. The molecule has 208 valence electrons. The summed E-state index contributed by atoms with van der Waals surface area (Å²) in [5.74, 6) is -0.626. The van der Waals surface area contributed by atoms with Gasteiger partial charge in [0.05, 0.1) is 28.8 Å². The molecule has 5 rings (SSSR count). The SMILES string of the molecule is COC(=O)c1ccc2c(c1)C(=O)N(C)C2C(CCN1CCC(N2CCCNC2=O)CC1)c1ccc(Cl)c(Cl)c1. The van der Waals surface area contributed by atoms with E-state index in [2.05, 4.69) is 10.2 Å². The summed E-state index contributed by atoms with van der Waals surface area (Å²) in [6, 6.07) is 11.0. The van der Waals surface area contributed by atoms with Gasteiger partial charge < -0.3 is 24.8 Å². The summed E-state index contributed by atoms with van der Waals surface area (Å²) < 4.78 is 4.86. The lowest BCUT2D eigenvalue weighted by Gasteiger charge is -2.40. The zero-order valence-electron chi connectivity index (χ0n) is 22.3. The van der Waals surface area contributed by atoms with Crippen LogP contribution < -0.4 is 5.32 Å². The van der Waals surface area contributed by atoms with Crippen LogP contribution in [0.25, 0.3) is 0 Å². The van der Waals surface area contributed by atoms with E-state index in [1.807, 2.05) is 30.1 Å². The molecule has 3 aliphatic rings. The lowest BCUT2D eigenvalue weighted by Crippen LogP contribution is -2.54. The molecule has 3 amide bonds. The number of amides is 3. The summed E-state index contributed by atoms with van der Waals surface area (Å²) in [5, 5.41) is 3.93. The van der Waals surface area contributed by atoms with Crippen molar-refractivity contribution in [2.24, 2.45) is 0 Å². The Hall–Kier alpha value is -2.81. The topological polar surface area (TPSA) is 82.2 Å². The van der Waals surface area contributed by atoms with Gasteiger partial charge in [0.25, 0.3) is 5.91 Å². The van der Waals surface area contributed by atoms with Crippen LogP contribution in [0.2, 0.25) is 10.0 Å². The van der Waals surface area contributed by atoms with Gasteiger partial charge in [-0.2, -0.15) is 0 Å². The van der Waals surface area contributed by atoms with Crippen LogP contribution >= 0.6 is 23.2 Å². The van der Waals surface area contributed by atoms with Crippen LogP contribution in [0.4, 0.5) is 4.79 Å². The second-order valence-corrected chi connectivity index (χ2v) is 11.4. The molecule has 3 aliphatic heterocycles. The van der Waals surface area contributed by atoms with E-state index in [4.69, 9.17) is 27.9 Å². The molecular formula is C29H34Cl2N4O4. The molecule has 0 radical (unpaired) electrons. The van der Waals surface area contributed by atoms with Crippen LogP contribution in [0.1, 0.15) is 69.5 Å². The normalized spacial score (nSPS) is 21.1. The van der Waals surface area contributed by atoms with Gasteiger partial charge >= 0.3 is 12.0 Å². The van der Waals surface area contributed by atoms with Gasteiger partial charge in [0.2, 0.25) is 0 Å². The minimum atomic E-state index is -0.469. The van der Waals surface area contributed by atoms with E-state index in [1.165, 1.54) is 7.11 Å². The highest BCUT2D eigenvalue weighted by Crippen LogP contribution is 2.45. The van der Waals surface area contributed by atoms with Gasteiger partial charge in [0, 0.05) is 50.7 Å². The van der Waals surface area contributed by atoms with Crippen molar-refractivity contribution in [1.82, 2.24) is 20.0 Å². The lowest BCUT2D eigenvalue weighted by molar-refractivity contribution is 0.0600. The number of nitrogens with one attached hydrogen (secondary N) is 1. The van der Waals surface area contributed by atoms with Crippen molar-refractivity contribution in [3.05, 3.63) is 68.7 Å². The summed E-state index contributed by atoms with van der Waals surface area (Å²) >= 11 is 12.7. The first kappa shape index (κ1) is 27.7. The first-order chi connectivity index (χ1) is 18.8. The molecule has 1 N–H and O–H groups in total. The zero-order chi connectivity index (χ0) is 27.7. The third kappa shape index (κ3) is 5.60. The van der Waals surface area contributed by atoms with E-state index >= 15 is 0 Å². The van der Waals surface area contributed by atoms with Gasteiger partial charge in [-0.05, 0) is 67.6 Å². The van der Waals surface area contributed by atoms with Crippen molar-refractivity contribution in [2.75, 3.05) is 46.9 Å². The lowest BCUT2D eigenvalue weighted by atomic mass is 9.84. The Labute approximate surface area is 239 Å². The number of ether oxygens (including phenoxy) is 1. The highest BCUT2D eigenvalue weighted by atomic mass is 35.5. The van der Waals surface area contributed by atoms with Crippen LogP contribution in [-0.2, 0) is 4.74 Å². The van der Waals surface area contributed by atoms with Crippen molar-refractivity contribution in [3.63, 3.8) is 0 Å². The van der Waals surface area contributed by atoms with Crippen molar-refractivity contribution >= 4 is 41.1 Å². The molecule has 0 aliphatic carbocycles. The summed E-state index contributed by atoms with van der Waals surface area (Å²) in [6.45, 7) is 4.27. The fraction of sp³-hybridized carbons (Fsp3) is 0.483. The van der Waals surface area contributed by atoms with Crippen molar-refractivity contribution in [2.45, 2.75) is 43.7 Å². The first-order valence-corrected chi connectivity index (χ1v) is 14.2. The number of rotatable bonds is 7. The second-order valence-electron chi connectivity index (χ2n) is 10.6. The minimum absolute atomic E-state index is 0.0375. The summed E-state index contributed by atoms with van der Waals surface area (Å²) in [7, 11) is 3.14. The molecule has 2 aromatic rings. The fourth-order valence-corrected chi connectivity index (χ4v) is 6.58. The maximum absolute atomic E-state index is 13.3. The number of hydrogen-bond acceptors (Lipinski definition) is 5. The monoisotopic (exact) mass is 572 g/mol. The number of methoxy groups -OCH3 is 1. The number of benzene rings is 2. The van der Waals surface area contributed by atoms with Gasteiger partial charge in [0.15, 0.2) is 0 Å². The van der Waals surface area contributed by atoms with E-state index in [0.717, 1.165) is 69.5 Å². The number of carbonyl (C=O) groups is 3. The zero-order valence-corrected chi connectivity index (χ0v) is 23.8. The Morgan fingerprint density at radius 1 is 1.08 bits per heavy atom. The number of nitrogens with zero attached hydrogens (tertiary/aromatic N) is 3. The Morgan fingerprint density at radius 3 is 2.54 bits per heavy atom. The molecule has 3 heterocycles. The number of likely N-dealkylation sites (N-methyl/N-ethyl adjacent to an activating group) is 1. The van der Waals surface area contributed by atoms with Gasteiger partial charge in [-0.3, -0.25) is 4.79 Å². The van der Waals surface area contributed by atoms with Crippen molar-refractivity contribution < 1.29 is 19.1 Å². The number of fused-ring (bicyclic) bond motifs is 1. The maximum Gasteiger partial charge on any atom is 0.337 e. The average Bonchev–Trinajstić information content (AvgIpc) is 3.20. The van der Waals surface area contributed by atoms with Crippen molar-refractivity contribution in [1.29, 1.82) is 0 Å². The predicted molar refractivity (Wildman–Crippen MR) is 151 cm³/mol. The second kappa shape index (κ2) is 11.7. The largest absolute Gasteiger partial charge is 0.465 e. The van der Waals surface area contributed by atoms with Gasteiger partial charge in [0.1, 0.15) is 0 Å². The van der Waals surface area contributed by atoms with E-state index in [1.54, 1.807) is 23.1 Å². The summed E-state index contributed by atoms with van der Waals surface area (Å²) in [4.78, 5) is 44.0. The fourth-order valence-electron chi connectivity index (χ4n) is 6.28. The number of urea groups is 1. The standard InChI is InChI=1S/C29H34Cl2N4O4/c1-33-26(22-6-4-19(28(37)39-2)16-23(22)27(33)36)21(18-5-7-24(30)25(31)17-18)10-15-34-13-8-20(9-14-34)35-12-3-11-32-29(35)38/h4-7,16-17,20-21,26H,3,8-15H2,1-2H3,(H,32,38). The highest BCUT2D eigenvalue weighted by molar-refractivity contribution is 6.42. The van der Waals surface area contributed by atoms with Gasteiger partial charge in [-0.1, -0.05) is 35.3 Å². The van der Waals surface area contributed by atoms with Crippen LogP contribution in [0.5, 0.6) is 0 Å². The molecule has 8 nitrogen and oxygen atoms in total. The molecule has 0 bridgehead atoms. The third-order valence-electron chi connectivity index (χ3n) is 8.38. The molecule has 39 heavy (non-hydrogen) atoms. The van der Waals surface area contributed by atoms with Crippen LogP contribution in [0.15, 0.2) is 36.4 Å². The maximum atomic E-state index is 13.3. The minimum Gasteiger partial charge on any atom is -0.465 e. The number of likely N-dealkylation sites (tertiary alicyclic amines) is 1. The summed E-state index contributed by atoms with van der Waals surface area (Å²) in [6.07, 6.45) is 3.69. The quantitative estimate of drug-likeness (QED) is 0.474. The number of carbonyl (C=O) groups excluding carboxylic acids is 3. The Bertz CT molecular complexity index is 1260. The van der Waals surface area contributed by atoms with E-state index < -0.39 is 5.97 Å². The molecule has 2 atom stereocenters. The van der Waals surface area contributed by atoms with E-state index in [0.29, 0.717) is 21.2 Å². The molecule has 2 saturated heterocycles. The number of esters is 1. The van der Waals surface area contributed by atoms with Gasteiger partial charge in [-0.25, -0.2) is 9.59 Å². The molecular weight excluding hydrogens is 539 g/mol. The Morgan fingerprint density at radius 2 is 1.85 bits per heavy atom. The van der Waals surface area contributed by atoms with Crippen LogP contribution in [0.3, 0.4) is 0 Å². The molecule has 0 aromatic heterocycles. The molecule has 10 heteroatoms. The Balaban J connectivity index is 1.36. The molecule has 2 fully saturated rings. The van der Waals surface area contributed by atoms with E-state index in [9.17, 15) is 14.4 Å². The average molecular weight is 574 g/mol. The number of hydrogen-bond donors (Lipinski definition) is 1. The van der Waals surface area contributed by atoms with Gasteiger partial charge in [-0.15, -0.1) is 0 Å². The molecule has 0 saturated carbocycles. The smallest absolute Gasteiger partial charge is 0.337 e. The molecule has 2 unspecified atom stereocenters. The van der Waals surface area contributed by atoms with Crippen LogP contribution in [-0.4, -0.2) is 85.5 Å². The van der Waals surface area contributed by atoms with Crippen LogP contribution in [0, 0.1) is 0 Å². The molecule has 0 spiro atoms. The number of halogens is 2. The predicted octanol–water partition coefficient (Wildman–Crippen LogP) is 4.96. The third-order valence-corrected chi connectivity index (χ3v) is 9.12. The highest BCUT2D eigenvalue weighted by Gasteiger charge is 2.40. The van der Waals surface area contributed by atoms with Crippen molar-refractivity contribution in [3.8, 4) is 0 Å². The van der Waals surface area contributed by atoms with E-state index in [-0.39, 0.29) is 29.9 Å². The first-order valence-electron chi connectivity index (χ1n) is 13.5.